The third kappa shape index (κ3) is 5.46. The fraction of sp³-hybridized carbons (Fsp3) is 0.261. The fourth-order valence-corrected chi connectivity index (χ4v) is 3.75. The van der Waals surface area contributed by atoms with Crippen LogP contribution < -0.4 is 15.0 Å². The quantitative estimate of drug-likeness (QED) is 0.315. The third-order valence-electron chi connectivity index (χ3n) is 4.69. The molecule has 0 bridgehead atoms. The fourth-order valence-electron chi connectivity index (χ4n) is 3.14. The zero-order valence-corrected chi connectivity index (χ0v) is 18.5. The first-order chi connectivity index (χ1) is 14.9. The second-order valence-electron chi connectivity index (χ2n) is 7.02. The van der Waals surface area contributed by atoms with Gasteiger partial charge in [0.05, 0.1) is 22.3 Å². The Morgan fingerprint density at radius 1 is 1.00 bits per heavy atom. The number of ether oxygens (including phenoxy) is 1. The number of rotatable bonds is 8. The number of para-hydroxylation sites is 1. The molecule has 2 aromatic rings. The van der Waals surface area contributed by atoms with E-state index in [4.69, 9.17) is 27.9 Å². The number of nitrogens with one attached hydrogen (secondary N) is 1. The van der Waals surface area contributed by atoms with Crippen molar-refractivity contribution in [2.24, 2.45) is 0 Å². The molecule has 0 spiro atoms. The van der Waals surface area contributed by atoms with Crippen molar-refractivity contribution in [3.05, 3.63) is 63.6 Å². The average molecular weight is 461 g/mol. The van der Waals surface area contributed by atoms with Gasteiger partial charge in [0.1, 0.15) is 5.57 Å². The Labute approximate surface area is 190 Å². The van der Waals surface area contributed by atoms with Gasteiger partial charge in [-0.2, -0.15) is 0 Å². The highest BCUT2D eigenvalue weighted by atomic mass is 35.5. The molecule has 1 N–H and O–H groups in total. The van der Waals surface area contributed by atoms with E-state index in [1.807, 2.05) is 0 Å². The highest BCUT2D eigenvalue weighted by Gasteiger charge is 2.36. The Balaban J connectivity index is 1.83. The normalized spacial score (nSPS) is 15.4. The first-order valence-corrected chi connectivity index (χ1v) is 10.8. The maximum atomic E-state index is 12.9. The number of halogens is 2. The van der Waals surface area contributed by atoms with E-state index < -0.39 is 17.8 Å². The van der Waals surface area contributed by atoms with Gasteiger partial charge >= 0.3 is 6.03 Å². The summed E-state index contributed by atoms with van der Waals surface area (Å²) in [6.45, 7) is 2.63. The van der Waals surface area contributed by atoms with Crippen molar-refractivity contribution < 1.29 is 19.1 Å². The smallest absolute Gasteiger partial charge is 0.335 e. The van der Waals surface area contributed by atoms with Crippen LogP contribution in [-0.4, -0.2) is 24.5 Å². The first-order valence-electron chi connectivity index (χ1n) is 10.0. The molecule has 4 amide bonds. The highest BCUT2D eigenvalue weighted by molar-refractivity contribution is 6.40. The molecule has 8 heteroatoms. The average Bonchev–Trinajstić information content (AvgIpc) is 2.73. The minimum atomic E-state index is -0.804. The second-order valence-corrected chi connectivity index (χ2v) is 7.83. The summed E-state index contributed by atoms with van der Waals surface area (Å²) in [4.78, 5) is 38.4. The Hall–Kier alpha value is -2.83. The molecule has 0 unspecified atom stereocenters. The molecule has 0 atom stereocenters. The molecule has 0 aromatic heterocycles. The van der Waals surface area contributed by atoms with E-state index in [1.54, 1.807) is 42.5 Å². The van der Waals surface area contributed by atoms with Crippen molar-refractivity contribution in [1.29, 1.82) is 0 Å². The Morgan fingerprint density at radius 3 is 2.32 bits per heavy atom. The van der Waals surface area contributed by atoms with Gasteiger partial charge in [0.2, 0.25) is 0 Å². The third-order valence-corrected chi connectivity index (χ3v) is 5.25. The highest BCUT2D eigenvalue weighted by Crippen LogP contribution is 2.35. The summed E-state index contributed by atoms with van der Waals surface area (Å²) >= 11 is 12.6. The van der Waals surface area contributed by atoms with Crippen LogP contribution in [-0.2, 0) is 9.59 Å². The summed E-state index contributed by atoms with van der Waals surface area (Å²) in [5.41, 5.74) is 0.587. The maximum absolute atomic E-state index is 12.9. The number of hydrogen-bond donors (Lipinski definition) is 1. The molecule has 2 aromatic carbocycles. The van der Waals surface area contributed by atoms with Gasteiger partial charge in [0.15, 0.2) is 5.75 Å². The number of imide groups is 2. The van der Waals surface area contributed by atoms with Crippen molar-refractivity contribution in [2.75, 3.05) is 11.5 Å². The van der Waals surface area contributed by atoms with Crippen LogP contribution in [0.3, 0.4) is 0 Å². The molecular formula is C23H22Cl2N2O4. The van der Waals surface area contributed by atoms with Crippen molar-refractivity contribution in [3.8, 4) is 5.75 Å². The van der Waals surface area contributed by atoms with Crippen LogP contribution in [0.15, 0.2) is 48.0 Å². The van der Waals surface area contributed by atoms with Crippen molar-refractivity contribution in [3.63, 3.8) is 0 Å². The molecule has 31 heavy (non-hydrogen) atoms. The van der Waals surface area contributed by atoms with E-state index in [1.165, 1.54) is 6.08 Å². The molecule has 162 valence electrons. The van der Waals surface area contributed by atoms with Gasteiger partial charge in [-0.3, -0.25) is 14.9 Å². The Kier molecular flexibility index (Phi) is 7.71. The van der Waals surface area contributed by atoms with E-state index in [2.05, 4.69) is 12.2 Å². The molecule has 0 radical (unpaired) electrons. The molecule has 1 aliphatic rings. The van der Waals surface area contributed by atoms with Crippen LogP contribution in [0.5, 0.6) is 5.75 Å². The number of urea groups is 1. The second kappa shape index (κ2) is 10.5. The summed E-state index contributed by atoms with van der Waals surface area (Å²) in [5.74, 6) is -1.16. The van der Waals surface area contributed by atoms with Gasteiger partial charge < -0.3 is 4.74 Å². The number of amides is 4. The lowest BCUT2D eigenvalue weighted by Crippen LogP contribution is -2.54. The topological polar surface area (TPSA) is 75.7 Å². The van der Waals surface area contributed by atoms with E-state index in [0.29, 0.717) is 23.6 Å². The monoisotopic (exact) mass is 460 g/mol. The number of barbiturate groups is 1. The Bertz CT molecular complexity index is 998. The molecule has 3 rings (SSSR count). The standard InChI is InChI=1S/C23H22Cl2N2O4/c1-2-3-4-8-11-31-20-18(24)13-15(14-19(20)25)12-17-21(28)26-23(30)27(22(17)29)16-9-6-5-7-10-16/h5-7,9-10,12-14H,2-4,8,11H2,1H3,(H,26,28,30)/b17-12-. The zero-order chi connectivity index (χ0) is 22.4. The number of unbranched alkanes of at least 4 members (excludes halogenated alkanes) is 3. The molecular weight excluding hydrogens is 439 g/mol. The molecule has 1 saturated heterocycles. The van der Waals surface area contributed by atoms with Crippen LogP contribution in [0.25, 0.3) is 6.08 Å². The first kappa shape index (κ1) is 22.8. The van der Waals surface area contributed by atoms with Crippen molar-refractivity contribution in [2.45, 2.75) is 32.6 Å². The minimum Gasteiger partial charge on any atom is -0.490 e. The SMILES string of the molecule is CCCCCCOc1c(Cl)cc(/C=C2/C(=O)NC(=O)N(c3ccccc3)C2=O)cc1Cl. The van der Waals surface area contributed by atoms with Crippen LogP contribution in [0.1, 0.15) is 38.2 Å². The summed E-state index contributed by atoms with van der Waals surface area (Å²) in [6.07, 6.45) is 5.57. The number of nitrogens with zero attached hydrogens (tertiary/aromatic N) is 1. The Morgan fingerprint density at radius 2 is 1.68 bits per heavy atom. The predicted octanol–water partition coefficient (Wildman–Crippen LogP) is 5.62. The number of carbonyl (C=O) groups is 3. The lowest BCUT2D eigenvalue weighted by molar-refractivity contribution is -0.122. The minimum absolute atomic E-state index is 0.205. The summed E-state index contributed by atoms with van der Waals surface area (Å²) in [5, 5.41) is 2.73. The molecule has 1 fully saturated rings. The maximum Gasteiger partial charge on any atom is 0.335 e. The zero-order valence-electron chi connectivity index (χ0n) is 17.0. The van der Waals surface area contributed by atoms with Crippen LogP contribution in [0.2, 0.25) is 10.0 Å². The summed E-state index contributed by atoms with van der Waals surface area (Å²) < 4.78 is 5.71. The molecule has 6 nitrogen and oxygen atoms in total. The van der Waals surface area contributed by atoms with E-state index >= 15 is 0 Å². The summed E-state index contributed by atoms with van der Waals surface area (Å²) in [6, 6.07) is 10.7. The summed E-state index contributed by atoms with van der Waals surface area (Å²) in [7, 11) is 0. The van der Waals surface area contributed by atoms with E-state index in [9.17, 15) is 14.4 Å². The van der Waals surface area contributed by atoms with Gasteiger partial charge in [-0.05, 0) is 42.3 Å². The van der Waals surface area contributed by atoms with Crippen molar-refractivity contribution in [1.82, 2.24) is 5.32 Å². The lowest BCUT2D eigenvalue weighted by Gasteiger charge is -2.26. The molecule has 0 saturated carbocycles. The molecule has 0 aliphatic carbocycles. The molecule has 1 aliphatic heterocycles. The molecule has 1 heterocycles. The van der Waals surface area contributed by atoms with Gasteiger partial charge in [-0.15, -0.1) is 0 Å². The van der Waals surface area contributed by atoms with Crippen LogP contribution in [0.4, 0.5) is 10.5 Å². The van der Waals surface area contributed by atoms with E-state index in [-0.39, 0.29) is 15.6 Å². The number of anilines is 1. The van der Waals surface area contributed by atoms with Gasteiger partial charge in [-0.25, -0.2) is 9.69 Å². The predicted molar refractivity (Wildman–Crippen MR) is 122 cm³/mol. The lowest BCUT2D eigenvalue weighted by atomic mass is 10.1. The largest absolute Gasteiger partial charge is 0.490 e. The van der Waals surface area contributed by atoms with Gasteiger partial charge in [0, 0.05) is 0 Å². The number of carbonyl (C=O) groups excluding carboxylic acids is 3. The van der Waals surface area contributed by atoms with E-state index in [0.717, 1.165) is 30.6 Å². The van der Waals surface area contributed by atoms with Crippen LogP contribution in [0, 0.1) is 0 Å². The van der Waals surface area contributed by atoms with Crippen LogP contribution >= 0.6 is 23.2 Å². The number of hydrogen-bond acceptors (Lipinski definition) is 4. The van der Waals surface area contributed by atoms with Gasteiger partial charge in [-0.1, -0.05) is 67.6 Å². The van der Waals surface area contributed by atoms with Gasteiger partial charge in [0.25, 0.3) is 11.8 Å². The number of benzene rings is 2. The van der Waals surface area contributed by atoms with Crippen molar-refractivity contribution >= 4 is 52.8 Å².